The fourth-order valence-electron chi connectivity index (χ4n) is 1.19. The van der Waals surface area contributed by atoms with Gasteiger partial charge in [0.15, 0.2) is 0 Å². The molecule has 0 fully saturated rings. The molecular formula is C10H7BrN2S2. The number of aryl methyl sites for hydroxylation is 1. The van der Waals surface area contributed by atoms with E-state index in [4.69, 9.17) is 5.26 Å². The molecule has 0 aliphatic heterocycles. The quantitative estimate of drug-likeness (QED) is 0.840. The van der Waals surface area contributed by atoms with Crippen molar-refractivity contribution in [2.45, 2.75) is 13.3 Å². The molecule has 2 rings (SSSR count). The third-order valence-electron chi connectivity index (χ3n) is 1.91. The van der Waals surface area contributed by atoms with Crippen molar-refractivity contribution in [2.75, 3.05) is 0 Å². The van der Waals surface area contributed by atoms with Crippen molar-refractivity contribution < 1.29 is 0 Å². The van der Waals surface area contributed by atoms with Crippen LogP contribution in [0.2, 0.25) is 0 Å². The summed E-state index contributed by atoms with van der Waals surface area (Å²) in [4.78, 5) is 6.69. The number of nitriles is 1. The Labute approximate surface area is 104 Å². The van der Waals surface area contributed by atoms with Crippen LogP contribution in [0.3, 0.4) is 0 Å². The molecule has 0 saturated heterocycles. The molecule has 2 heterocycles. The van der Waals surface area contributed by atoms with E-state index in [1.807, 2.05) is 12.3 Å². The monoisotopic (exact) mass is 298 g/mol. The van der Waals surface area contributed by atoms with Gasteiger partial charge in [-0.1, -0.05) is 0 Å². The minimum atomic E-state index is 0.454. The smallest absolute Gasteiger partial charge is 0.133 e. The van der Waals surface area contributed by atoms with Gasteiger partial charge in [-0.15, -0.1) is 22.7 Å². The Bertz CT molecular complexity index is 522. The lowest BCUT2D eigenvalue weighted by Gasteiger charge is -1.85. The SMILES string of the molecule is Cc1nc(-c2cc(Br)cs2)sc1CC#N. The van der Waals surface area contributed by atoms with Gasteiger partial charge in [-0.25, -0.2) is 4.98 Å². The van der Waals surface area contributed by atoms with Gasteiger partial charge in [0, 0.05) is 14.7 Å². The second-order valence-corrected chi connectivity index (χ2v) is 5.90. The van der Waals surface area contributed by atoms with E-state index in [2.05, 4.69) is 33.0 Å². The van der Waals surface area contributed by atoms with Gasteiger partial charge in [-0.05, 0) is 28.9 Å². The summed E-state index contributed by atoms with van der Waals surface area (Å²) in [6, 6.07) is 4.21. The van der Waals surface area contributed by atoms with E-state index in [0.29, 0.717) is 6.42 Å². The van der Waals surface area contributed by atoms with Gasteiger partial charge >= 0.3 is 0 Å². The molecule has 0 amide bonds. The fraction of sp³-hybridized carbons (Fsp3) is 0.200. The Morgan fingerprint density at radius 2 is 2.40 bits per heavy atom. The molecule has 0 spiro atoms. The topological polar surface area (TPSA) is 36.7 Å². The predicted octanol–water partition coefficient (Wildman–Crippen LogP) is 4.01. The van der Waals surface area contributed by atoms with Crippen molar-refractivity contribution in [3.63, 3.8) is 0 Å². The molecule has 2 nitrogen and oxygen atoms in total. The molecule has 0 radical (unpaired) electrons. The van der Waals surface area contributed by atoms with Crippen LogP contribution in [0.5, 0.6) is 0 Å². The second-order valence-electron chi connectivity index (χ2n) is 2.99. The number of rotatable bonds is 2. The Morgan fingerprint density at radius 3 is 3.00 bits per heavy atom. The molecule has 15 heavy (non-hydrogen) atoms. The highest BCUT2D eigenvalue weighted by Crippen LogP contribution is 2.34. The molecule has 0 bridgehead atoms. The lowest BCUT2D eigenvalue weighted by molar-refractivity contribution is 1.19. The summed E-state index contributed by atoms with van der Waals surface area (Å²) in [7, 11) is 0. The minimum Gasteiger partial charge on any atom is -0.240 e. The average Bonchev–Trinajstić information content (AvgIpc) is 2.75. The maximum Gasteiger partial charge on any atom is 0.133 e. The second kappa shape index (κ2) is 4.44. The molecule has 0 atom stereocenters. The largest absolute Gasteiger partial charge is 0.240 e. The first-order valence-corrected chi connectivity index (χ1v) is 6.77. The van der Waals surface area contributed by atoms with Crippen LogP contribution in [-0.4, -0.2) is 4.98 Å². The Balaban J connectivity index is 2.38. The van der Waals surface area contributed by atoms with Crippen LogP contribution >= 0.6 is 38.6 Å². The Kier molecular flexibility index (Phi) is 3.19. The van der Waals surface area contributed by atoms with Crippen LogP contribution < -0.4 is 0 Å². The lowest BCUT2D eigenvalue weighted by Crippen LogP contribution is -1.79. The average molecular weight is 299 g/mol. The maximum atomic E-state index is 8.65. The van der Waals surface area contributed by atoms with E-state index < -0.39 is 0 Å². The molecule has 5 heteroatoms. The maximum absolute atomic E-state index is 8.65. The zero-order chi connectivity index (χ0) is 10.8. The molecule has 0 unspecified atom stereocenters. The van der Waals surface area contributed by atoms with Crippen molar-refractivity contribution in [2.24, 2.45) is 0 Å². The van der Waals surface area contributed by atoms with E-state index in [0.717, 1.165) is 24.9 Å². The zero-order valence-corrected chi connectivity index (χ0v) is 11.2. The Hall–Kier alpha value is -0.700. The van der Waals surface area contributed by atoms with Gasteiger partial charge in [0.1, 0.15) is 5.01 Å². The van der Waals surface area contributed by atoms with Crippen LogP contribution in [0.4, 0.5) is 0 Å². The van der Waals surface area contributed by atoms with E-state index >= 15 is 0 Å². The highest BCUT2D eigenvalue weighted by Gasteiger charge is 2.10. The normalized spacial score (nSPS) is 10.2. The van der Waals surface area contributed by atoms with Crippen molar-refractivity contribution in [3.05, 3.63) is 26.5 Å². The van der Waals surface area contributed by atoms with Gasteiger partial charge in [0.05, 0.1) is 23.1 Å². The van der Waals surface area contributed by atoms with Crippen molar-refractivity contribution in [1.82, 2.24) is 4.98 Å². The number of thiophene rings is 1. The highest BCUT2D eigenvalue weighted by atomic mass is 79.9. The summed E-state index contributed by atoms with van der Waals surface area (Å²) in [6.07, 6.45) is 0.454. The van der Waals surface area contributed by atoms with Gasteiger partial charge in [0.25, 0.3) is 0 Å². The molecular weight excluding hydrogens is 292 g/mol. The van der Waals surface area contributed by atoms with Gasteiger partial charge in [-0.3, -0.25) is 0 Å². The first-order chi connectivity index (χ1) is 7.20. The molecule has 0 aliphatic carbocycles. The summed E-state index contributed by atoms with van der Waals surface area (Å²) in [5.74, 6) is 0. The van der Waals surface area contributed by atoms with Crippen molar-refractivity contribution in [1.29, 1.82) is 5.26 Å². The number of halogens is 1. The summed E-state index contributed by atoms with van der Waals surface area (Å²) < 4.78 is 1.08. The third-order valence-corrected chi connectivity index (χ3v) is 4.93. The summed E-state index contributed by atoms with van der Waals surface area (Å²) in [5.41, 5.74) is 0.973. The van der Waals surface area contributed by atoms with Gasteiger partial charge in [-0.2, -0.15) is 5.26 Å². The minimum absolute atomic E-state index is 0.454. The number of hydrogen-bond acceptors (Lipinski definition) is 4. The molecule has 76 valence electrons. The molecule has 2 aromatic rings. The van der Waals surface area contributed by atoms with Crippen LogP contribution in [-0.2, 0) is 6.42 Å². The van der Waals surface area contributed by atoms with E-state index in [1.54, 1.807) is 22.7 Å². The molecule has 0 saturated carbocycles. The molecule has 0 N–H and O–H groups in total. The first kappa shape index (κ1) is 10.8. The predicted molar refractivity (Wildman–Crippen MR) is 67.2 cm³/mol. The number of thiazole rings is 1. The van der Waals surface area contributed by atoms with E-state index in [9.17, 15) is 0 Å². The van der Waals surface area contributed by atoms with Crippen LogP contribution in [0, 0.1) is 18.3 Å². The van der Waals surface area contributed by atoms with Crippen molar-refractivity contribution in [3.8, 4) is 16.0 Å². The fourth-order valence-corrected chi connectivity index (χ4v) is 3.68. The summed E-state index contributed by atoms with van der Waals surface area (Å²) >= 11 is 6.69. The van der Waals surface area contributed by atoms with E-state index in [1.165, 1.54) is 0 Å². The Morgan fingerprint density at radius 1 is 1.60 bits per heavy atom. The van der Waals surface area contributed by atoms with Gasteiger partial charge in [0.2, 0.25) is 0 Å². The van der Waals surface area contributed by atoms with Crippen LogP contribution in [0.15, 0.2) is 15.9 Å². The molecule has 2 aromatic heterocycles. The standard InChI is InChI=1S/C10H7BrN2S2/c1-6-8(2-3-12)15-10(13-6)9-4-7(11)5-14-9/h4-5H,2H2,1H3. The molecule has 0 aliphatic rings. The lowest BCUT2D eigenvalue weighted by atomic mass is 10.3. The van der Waals surface area contributed by atoms with Gasteiger partial charge < -0.3 is 0 Å². The third kappa shape index (κ3) is 2.28. The van der Waals surface area contributed by atoms with Crippen LogP contribution in [0.25, 0.3) is 9.88 Å². The first-order valence-electron chi connectivity index (χ1n) is 4.28. The summed E-state index contributed by atoms with van der Waals surface area (Å²) in [6.45, 7) is 1.95. The highest BCUT2D eigenvalue weighted by molar-refractivity contribution is 9.10. The number of hydrogen-bond donors (Lipinski definition) is 0. The van der Waals surface area contributed by atoms with E-state index in [-0.39, 0.29) is 0 Å². The van der Waals surface area contributed by atoms with Crippen LogP contribution in [0.1, 0.15) is 10.6 Å². The number of aromatic nitrogens is 1. The summed E-state index contributed by atoms with van der Waals surface area (Å²) in [5, 5.41) is 11.7. The molecule has 0 aromatic carbocycles. The van der Waals surface area contributed by atoms with Crippen molar-refractivity contribution >= 4 is 38.6 Å². The number of nitrogens with zero attached hydrogens (tertiary/aromatic N) is 2. The zero-order valence-electron chi connectivity index (χ0n) is 7.95.